The van der Waals surface area contributed by atoms with Crippen molar-refractivity contribution < 1.29 is 8.78 Å². The van der Waals surface area contributed by atoms with E-state index in [4.69, 9.17) is 0 Å². The molecule has 1 saturated heterocycles. The van der Waals surface area contributed by atoms with Gasteiger partial charge in [0.15, 0.2) is 5.17 Å². The van der Waals surface area contributed by atoms with Gasteiger partial charge in [0.2, 0.25) is 0 Å². The van der Waals surface area contributed by atoms with Crippen LogP contribution < -0.4 is 5.32 Å². The molecule has 2 aliphatic heterocycles. The second kappa shape index (κ2) is 6.09. The minimum atomic E-state index is -3.00. The number of fused-ring (bicyclic) bond motifs is 1. The molecule has 24 heavy (non-hydrogen) atoms. The summed E-state index contributed by atoms with van der Waals surface area (Å²) in [5.41, 5.74) is 1.16. The summed E-state index contributed by atoms with van der Waals surface area (Å²) in [6, 6.07) is 18.1. The molecule has 2 aromatic carbocycles. The third kappa shape index (κ3) is 2.86. The van der Waals surface area contributed by atoms with Crippen molar-refractivity contribution >= 4 is 16.9 Å². The van der Waals surface area contributed by atoms with E-state index < -0.39 is 5.25 Å². The zero-order valence-corrected chi connectivity index (χ0v) is 13.7. The molecule has 0 spiro atoms. The highest BCUT2D eigenvalue weighted by Gasteiger charge is 2.42. The van der Waals surface area contributed by atoms with E-state index in [0.717, 1.165) is 12.8 Å². The summed E-state index contributed by atoms with van der Waals surface area (Å²) < 4.78 is 28.9. The molecule has 3 nitrogen and oxygen atoms in total. The first-order valence-electron chi connectivity index (χ1n) is 7.94. The highest BCUT2D eigenvalue weighted by Crippen LogP contribution is 2.44. The number of rotatable bonds is 3. The van der Waals surface area contributed by atoms with Gasteiger partial charge in [-0.3, -0.25) is 5.01 Å². The summed E-state index contributed by atoms with van der Waals surface area (Å²) in [5, 5.41) is 6.79. The highest BCUT2D eigenvalue weighted by molar-refractivity contribution is 8.14. The van der Waals surface area contributed by atoms with Crippen molar-refractivity contribution in [3.63, 3.8) is 0 Å². The average molecular weight is 345 g/mol. The summed E-state index contributed by atoms with van der Waals surface area (Å²) in [6.45, 7) is 0. The van der Waals surface area contributed by atoms with Gasteiger partial charge in [-0.25, -0.2) is 0 Å². The Hall–Kier alpha value is -2.08. The van der Waals surface area contributed by atoms with Crippen LogP contribution in [0.15, 0.2) is 65.8 Å². The molecular weight excluding hydrogens is 328 g/mol. The highest BCUT2D eigenvalue weighted by atomic mass is 32.2. The van der Waals surface area contributed by atoms with Gasteiger partial charge in [0.25, 0.3) is 0 Å². The van der Waals surface area contributed by atoms with E-state index in [1.807, 2.05) is 23.2 Å². The molecule has 0 aliphatic carbocycles. The monoisotopic (exact) mass is 345 g/mol. The zero-order chi connectivity index (χ0) is 16.6. The van der Waals surface area contributed by atoms with Gasteiger partial charge in [-0.05, 0) is 30.2 Å². The van der Waals surface area contributed by atoms with Crippen molar-refractivity contribution in [2.45, 2.75) is 30.3 Å². The Labute approximate surface area is 143 Å². The van der Waals surface area contributed by atoms with Gasteiger partial charge < -0.3 is 5.32 Å². The smallest absolute Gasteiger partial charge is 0.326 e. The van der Waals surface area contributed by atoms with Gasteiger partial charge in [0, 0.05) is 5.56 Å². The van der Waals surface area contributed by atoms with Gasteiger partial charge in [-0.15, -0.1) is 5.10 Å². The van der Waals surface area contributed by atoms with Crippen molar-refractivity contribution in [2.24, 2.45) is 5.10 Å². The zero-order valence-electron chi connectivity index (χ0n) is 12.9. The van der Waals surface area contributed by atoms with Crippen molar-refractivity contribution in [1.82, 2.24) is 10.3 Å². The lowest BCUT2D eigenvalue weighted by atomic mass is 10.1. The van der Waals surface area contributed by atoms with E-state index in [9.17, 15) is 8.78 Å². The van der Waals surface area contributed by atoms with Crippen LogP contribution in [-0.4, -0.2) is 16.3 Å². The molecule has 4 rings (SSSR count). The molecule has 0 saturated carbocycles. The largest absolute Gasteiger partial charge is 0.342 e. The van der Waals surface area contributed by atoms with Gasteiger partial charge in [-0.2, -0.15) is 8.78 Å². The predicted molar refractivity (Wildman–Crippen MR) is 92.5 cm³/mol. The average Bonchev–Trinajstić information content (AvgIpc) is 3.16. The van der Waals surface area contributed by atoms with E-state index in [0.29, 0.717) is 11.8 Å². The Bertz CT molecular complexity index is 736. The lowest BCUT2D eigenvalue weighted by Gasteiger charge is -2.21. The van der Waals surface area contributed by atoms with Crippen LogP contribution in [0.2, 0.25) is 0 Å². The first-order chi connectivity index (χ1) is 11.6. The van der Waals surface area contributed by atoms with Gasteiger partial charge in [0.05, 0.1) is 6.04 Å². The molecule has 2 aromatic rings. The van der Waals surface area contributed by atoms with E-state index in [1.54, 1.807) is 18.2 Å². The molecule has 2 unspecified atom stereocenters. The molecular formula is C18H17F2N3S. The topological polar surface area (TPSA) is 27.6 Å². The fraction of sp³-hybridized carbons (Fsp3) is 0.278. The van der Waals surface area contributed by atoms with Crippen LogP contribution in [-0.2, 0) is 5.25 Å². The number of halogens is 2. The number of alkyl halides is 2. The Morgan fingerprint density at radius 1 is 1.00 bits per heavy atom. The number of thioether (sulfide) groups is 1. The maximum Gasteiger partial charge on any atom is 0.326 e. The number of hydrogen-bond donors (Lipinski definition) is 1. The Morgan fingerprint density at radius 3 is 2.38 bits per heavy atom. The normalized spacial score (nSPS) is 22.9. The molecule has 0 radical (unpaired) electrons. The van der Waals surface area contributed by atoms with Gasteiger partial charge in [0.1, 0.15) is 6.17 Å². The molecule has 2 atom stereocenters. The lowest BCUT2D eigenvalue weighted by Crippen LogP contribution is -2.33. The molecule has 1 fully saturated rings. The molecule has 0 amide bonds. The van der Waals surface area contributed by atoms with Crippen molar-refractivity contribution in [1.29, 1.82) is 0 Å². The molecule has 0 aromatic heterocycles. The molecule has 2 aliphatic rings. The maximum absolute atomic E-state index is 14.4. The molecule has 124 valence electrons. The molecule has 1 N–H and O–H groups in total. The third-order valence-corrected chi connectivity index (χ3v) is 5.25. The van der Waals surface area contributed by atoms with E-state index >= 15 is 0 Å². The lowest BCUT2D eigenvalue weighted by molar-refractivity contribution is 0.107. The van der Waals surface area contributed by atoms with Gasteiger partial charge >= 0.3 is 5.25 Å². The first-order valence-corrected chi connectivity index (χ1v) is 8.76. The molecule has 6 heteroatoms. The number of benzene rings is 2. The third-order valence-electron chi connectivity index (χ3n) is 4.37. The predicted octanol–water partition coefficient (Wildman–Crippen LogP) is 4.51. The summed E-state index contributed by atoms with van der Waals surface area (Å²) in [5.74, 6) is 0. The van der Waals surface area contributed by atoms with Crippen LogP contribution in [0, 0.1) is 0 Å². The minimum Gasteiger partial charge on any atom is -0.342 e. The summed E-state index contributed by atoms with van der Waals surface area (Å²) >= 11 is 0.480. The summed E-state index contributed by atoms with van der Waals surface area (Å²) in [4.78, 5) is 0. The van der Waals surface area contributed by atoms with Crippen LogP contribution >= 0.6 is 11.8 Å². The summed E-state index contributed by atoms with van der Waals surface area (Å²) in [6.07, 6.45) is 1.87. The Morgan fingerprint density at radius 2 is 1.67 bits per heavy atom. The van der Waals surface area contributed by atoms with E-state index in [2.05, 4.69) is 22.6 Å². The SMILES string of the molecule is FC(F)(SC1=NN2C(CCC2c2ccccc2)N1)c1ccccc1. The second-order valence-electron chi connectivity index (χ2n) is 5.93. The van der Waals surface area contributed by atoms with E-state index in [1.165, 1.54) is 17.7 Å². The number of hydrogen-bond acceptors (Lipinski definition) is 4. The quantitative estimate of drug-likeness (QED) is 0.887. The van der Waals surface area contributed by atoms with Crippen molar-refractivity contribution in [3.05, 3.63) is 71.8 Å². The molecule has 0 bridgehead atoms. The minimum absolute atomic E-state index is 0.00396. The Kier molecular flexibility index (Phi) is 3.92. The van der Waals surface area contributed by atoms with Crippen LogP contribution in [0.1, 0.15) is 30.0 Å². The molecule has 2 heterocycles. The maximum atomic E-state index is 14.4. The summed E-state index contributed by atoms with van der Waals surface area (Å²) in [7, 11) is 0. The van der Waals surface area contributed by atoms with Gasteiger partial charge in [-0.1, -0.05) is 60.7 Å². The van der Waals surface area contributed by atoms with Crippen molar-refractivity contribution in [3.8, 4) is 0 Å². The standard InChI is InChI=1S/C18H17F2N3S/c19-18(20,14-9-5-2-6-10-14)24-17-21-16-12-11-15(23(16)22-17)13-7-3-1-4-8-13/h1-10,15-16H,11-12H2,(H,21,22). The van der Waals surface area contributed by atoms with Crippen LogP contribution in [0.3, 0.4) is 0 Å². The first kappa shape index (κ1) is 15.4. The fourth-order valence-corrected chi connectivity index (χ4v) is 4.04. The Balaban J connectivity index is 1.52. The van der Waals surface area contributed by atoms with Crippen LogP contribution in [0.25, 0.3) is 0 Å². The van der Waals surface area contributed by atoms with Crippen molar-refractivity contribution in [2.75, 3.05) is 0 Å². The number of amidine groups is 1. The van der Waals surface area contributed by atoms with Crippen LogP contribution in [0.4, 0.5) is 8.78 Å². The number of hydrazone groups is 1. The number of nitrogens with one attached hydrogen (secondary N) is 1. The van der Waals surface area contributed by atoms with Crippen LogP contribution in [0.5, 0.6) is 0 Å². The van der Waals surface area contributed by atoms with E-state index in [-0.39, 0.29) is 22.9 Å². The second-order valence-corrected chi connectivity index (χ2v) is 7.04. The number of nitrogens with zero attached hydrogens (tertiary/aromatic N) is 2. The fourth-order valence-electron chi connectivity index (χ4n) is 3.21.